The smallest absolute Gasteiger partial charge is 0.255 e. The van der Waals surface area contributed by atoms with E-state index in [1.807, 2.05) is 109 Å². The fourth-order valence-electron chi connectivity index (χ4n) is 3.98. The van der Waals surface area contributed by atoms with Crippen LogP contribution >= 0.6 is 0 Å². The van der Waals surface area contributed by atoms with Gasteiger partial charge in [0.1, 0.15) is 0 Å². The summed E-state index contributed by atoms with van der Waals surface area (Å²) in [6, 6.07) is 40.9. The van der Waals surface area contributed by atoms with Gasteiger partial charge in [-0.25, -0.2) is 9.97 Å². The van der Waals surface area contributed by atoms with Crippen LogP contribution in [-0.2, 0) is 0 Å². The van der Waals surface area contributed by atoms with Crippen LogP contribution in [0.1, 0.15) is 20.7 Å². The second-order valence-electron chi connectivity index (χ2n) is 9.06. The van der Waals surface area contributed by atoms with Crippen molar-refractivity contribution >= 4 is 45.3 Å². The Kier molecular flexibility index (Phi) is 9.09. The molecule has 0 spiro atoms. The predicted molar refractivity (Wildman–Crippen MR) is 167 cm³/mol. The molecule has 8 heteroatoms. The fourth-order valence-corrected chi connectivity index (χ4v) is 3.98. The summed E-state index contributed by atoms with van der Waals surface area (Å²) in [5.74, 6) is -0.424. The van der Waals surface area contributed by atoms with E-state index in [1.54, 1.807) is 36.9 Å². The zero-order valence-electron chi connectivity index (χ0n) is 22.6. The normalized spacial score (nSPS) is 10.1. The number of benzene rings is 5. The minimum atomic E-state index is -0.212. The van der Waals surface area contributed by atoms with Gasteiger partial charge in [0, 0.05) is 22.5 Å². The minimum absolute atomic E-state index is 0.212. The summed E-state index contributed by atoms with van der Waals surface area (Å²) in [5.41, 5.74) is 6.69. The molecule has 8 nitrogen and oxygen atoms in total. The highest BCUT2D eigenvalue weighted by atomic mass is 16.2. The fraction of sp³-hybridized carbons (Fsp3) is 0. The summed E-state index contributed by atoms with van der Waals surface area (Å²) < 4.78 is 0. The number of fused-ring (bicyclic) bond motifs is 2. The molecule has 2 heterocycles. The molecule has 4 N–H and O–H groups in total. The predicted octanol–water partition coefficient (Wildman–Crippen LogP) is 7.32. The first-order valence-corrected chi connectivity index (χ1v) is 13.2. The molecule has 42 heavy (non-hydrogen) atoms. The number of aromatic amines is 2. The Bertz CT molecular complexity index is 1660. The van der Waals surface area contributed by atoms with Gasteiger partial charge >= 0.3 is 0 Å². The van der Waals surface area contributed by atoms with Crippen LogP contribution in [0.5, 0.6) is 0 Å². The lowest BCUT2D eigenvalue weighted by atomic mass is 10.1. The highest BCUT2D eigenvalue weighted by Crippen LogP contribution is 2.12. The zero-order valence-corrected chi connectivity index (χ0v) is 22.6. The van der Waals surface area contributed by atoms with Crippen LogP contribution in [0.25, 0.3) is 22.1 Å². The number of para-hydroxylation sites is 6. The summed E-state index contributed by atoms with van der Waals surface area (Å²) >= 11 is 0. The van der Waals surface area contributed by atoms with Gasteiger partial charge in [0.15, 0.2) is 0 Å². The minimum Gasteiger partial charge on any atom is -0.345 e. The molecule has 0 bridgehead atoms. The van der Waals surface area contributed by atoms with Crippen LogP contribution in [0.4, 0.5) is 11.4 Å². The molecule has 0 saturated carbocycles. The molecule has 206 valence electrons. The summed E-state index contributed by atoms with van der Waals surface area (Å²) in [7, 11) is 0. The average molecular weight is 553 g/mol. The summed E-state index contributed by atoms with van der Waals surface area (Å²) in [6.07, 6.45) is 3.40. The molecule has 2 aromatic heterocycles. The second-order valence-corrected chi connectivity index (χ2v) is 9.06. The molecule has 7 aromatic rings. The van der Waals surface area contributed by atoms with Gasteiger partial charge in [0.05, 0.1) is 34.7 Å². The highest BCUT2D eigenvalue weighted by Gasteiger charge is 2.09. The van der Waals surface area contributed by atoms with Crippen molar-refractivity contribution in [2.45, 2.75) is 0 Å². The summed E-state index contributed by atoms with van der Waals surface area (Å²) in [6.45, 7) is 0. The van der Waals surface area contributed by atoms with Gasteiger partial charge in [-0.05, 0) is 72.8 Å². The van der Waals surface area contributed by atoms with Gasteiger partial charge in [-0.1, -0.05) is 60.7 Å². The Morgan fingerprint density at radius 2 is 0.810 bits per heavy atom. The van der Waals surface area contributed by atoms with Gasteiger partial charge in [-0.2, -0.15) is 0 Å². The molecule has 0 unspecified atom stereocenters. The van der Waals surface area contributed by atoms with E-state index < -0.39 is 0 Å². The number of H-pyrrole nitrogens is 2. The molecule has 0 aliphatic rings. The van der Waals surface area contributed by atoms with Crippen molar-refractivity contribution in [1.29, 1.82) is 0 Å². The molecule has 2 amide bonds. The lowest BCUT2D eigenvalue weighted by molar-refractivity contribution is 0.101. The van der Waals surface area contributed by atoms with Crippen LogP contribution in [0.2, 0.25) is 0 Å². The molecule has 0 fully saturated rings. The molecular weight excluding hydrogens is 524 g/mol. The number of nitrogens with one attached hydrogen (secondary N) is 4. The molecule has 0 radical (unpaired) electrons. The van der Waals surface area contributed by atoms with Crippen molar-refractivity contribution in [3.05, 3.63) is 157 Å². The first-order chi connectivity index (χ1) is 20.7. The van der Waals surface area contributed by atoms with Crippen molar-refractivity contribution in [3.63, 3.8) is 0 Å². The molecule has 0 atom stereocenters. The number of amides is 2. The monoisotopic (exact) mass is 552 g/mol. The SMILES string of the molecule is O=C(Nc1ccccc1)c1ccc(C(=O)Nc2ccccc2)cc1.c1ccc2[nH]cnc2c1.c1ccc2[nH]cnc2c1. The van der Waals surface area contributed by atoms with Crippen molar-refractivity contribution < 1.29 is 9.59 Å². The van der Waals surface area contributed by atoms with E-state index in [9.17, 15) is 9.59 Å². The summed E-state index contributed by atoms with van der Waals surface area (Å²) in [4.78, 5) is 38.5. The molecule has 0 saturated heterocycles. The Balaban J connectivity index is 0.000000157. The Morgan fingerprint density at radius 1 is 0.452 bits per heavy atom. The van der Waals surface area contributed by atoms with Crippen LogP contribution < -0.4 is 10.6 Å². The topological polar surface area (TPSA) is 116 Å². The molecule has 7 rings (SSSR count). The number of anilines is 2. The maximum Gasteiger partial charge on any atom is 0.255 e. The van der Waals surface area contributed by atoms with Crippen molar-refractivity contribution in [2.75, 3.05) is 10.6 Å². The second kappa shape index (κ2) is 13.9. The van der Waals surface area contributed by atoms with Crippen LogP contribution in [0.3, 0.4) is 0 Å². The number of hydrogen-bond acceptors (Lipinski definition) is 4. The quantitative estimate of drug-likeness (QED) is 0.183. The molecular formula is C34H28N6O2. The van der Waals surface area contributed by atoms with Gasteiger partial charge in [0.25, 0.3) is 11.8 Å². The Labute approximate surface area is 242 Å². The van der Waals surface area contributed by atoms with Gasteiger partial charge in [-0.15, -0.1) is 0 Å². The Hall–Kier alpha value is -6.02. The van der Waals surface area contributed by atoms with E-state index in [4.69, 9.17) is 0 Å². The highest BCUT2D eigenvalue weighted by molar-refractivity contribution is 6.07. The third-order valence-electron chi connectivity index (χ3n) is 6.13. The maximum atomic E-state index is 12.2. The lowest BCUT2D eigenvalue weighted by Gasteiger charge is -2.07. The summed E-state index contributed by atoms with van der Waals surface area (Å²) in [5, 5.41) is 5.61. The van der Waals surface area contributed by atoms with Gasteiger partial charge < -0.3 is 20.6 Å². The number of rotatable bonds is 4. The molecule has 0 aliphatic heterocycles. The van der Waals surface area contributed by atoms with Gasteiger partial charge in [-0.3, -0.25) is 9.59 Å². The standard InChI is InChI=1S/C20H16N2O2.2C7H6N2/c23-19(21-17-7-3-1-4-8-17)15-11-13-16(14-12-15)20(24)22-18-9-5-2-6-10-18;2*1-2-4-7-6(3-1)8-5-9-7/h1-14H,(H,21,23)(H,22,24);2*1-5H,(H,8,9). The van der Waals surface area contributed by atoms with E-state index in [2.05, 4.69) is 30.6 Å². The third kappa shape index (κ3) is 7.55. The van der Waals surface area contributed by atoms with E-state index >= 15 is 0 Å². The van der Waals surface area contributed by atoms with E-state index in [0.29, 0.717) is 11.1 Å². The van der Waals surface area contributed by atoms with Crippen LogP contribution in [0, 0.1) is 0 Å². The van der Waals surface area contributed by atoms with Crippen LogP contribution in [0.15, 0.2) is 146 Å². The van der Waals surface area contributed by atoms with Crippen molar-refractivity contribution in [1.82, 2.24) is 19.9 Å². The Morgan fingerprint density at radius 3 is 1.19 bits per heavy atom. The number of nitrogens with zero attached hydrogens (tertiary/aromatic N) is 2. The van der Waals surface area contributed by atoms with E-state index in [1.165, 1.54) is 0 Å². The van der Waals surface area contributed by atoms with Crippen molar-refractivity contribution in [3.8, 4) is 0 Å². The van der Waals surface area contributed by atoms with Crippen molar-refractivity contribution in [2.24, 2.45) is 0 Å². The maximum absolute atomic E-state index is 12.2. The molecule has 0 aliphatic carbocycles. The first-order valence-electron chi connectivity index (χ1n) is 13.2. The van der Waals surface area contributed by atoms with E-state index in [-0.39, 0.29) is 11.8 Å². The number of hydrogen-bond donors (Lipinski definition) is 4. The number of aromatic nitrogens is 4. The molecule has 5 aromatic carbocycles. The number of carbonyl (C=O) groups is 2. The third-order valence-corrected chi connectivity index (χ3v) is 6.13. The zero-order chi connectivity index (χ0) is 29.0. The largest absolute Gasteiger partial charge is 0.345 e. The number of imidazole rings is 2. The number of carbonyl (C=O) groups excluding carboxylic acids is 2. The van der Waals surface area contributed by atoms with Crippen LogP contribution in [-0.4, -0.2) is 31.8 Å². The first kappa shape index (κ1) is 27.5. The lowest BCUT2D eigenvalue weighted by Crippen LogP contribution is -2.14. The van der Waals surface area contributed by atoms with E-state index in [0.717, 1.165) is 33.4 Å². The van der Waals surface area contributed by atoms with Gasteiger partial charge in [0.2, 0.25) is 0 Å². The average Bonchev–Trinajstić information content (AvgIpc) is 3.73.